The summed E-state index contributed by atoms with van der Waals surface area (Å²) in [5.41, 5.74) is 3.06. The molecule has 6 nitrogen and oxygen atoms in total. The maximum absolute atomic E-state index is 12.9. The molecule has 0 radical (unpaired) electrons. The van der Waals surface area contributed by atoms with Crippen LogP contribution in [0.3, 0.4) is 0 Å². The Kier molecular flexibility index (Phi) is 6.85. The van der Waals surface area contributed by atoms with Crippen molar-refractivity contribution in [2.75, 3.05) is 38.0 Å². The van der Waals surface area contributed by atoms with E-state index in [9.17, 15) is 13.2 Å². The maximum atomic E-state index is 12.9. The second kappa shape index (κ2) is 9.77. The van der Waals surface area contributed by atoms with E-state index in [1.807, 2.05) is 18.2 Å². The van der Waals surface area contributed by atoms with Crippen LogP contribution in [0.15, 0.2) is 65.6 Å². The molecule has 0 saturated carbocycles. The van der Waals surface area contributed by atoms with Crippen molar-refractivity contribution < 1.29 is 13.2 Å². The van der Waals surface area contributed by atoms with Crippen LogP contribution in [0.2, 0.25) is 0 Å². The highest BCUT2D eigenvalue weighted by atomic mass is 32.2. The van der Waals surface area contributed by atoms with Gasteiger partial charge in [0.25, 0.3) is 0 Å². The summed E-state index contributed by atoms with van der Waals surface area (Å²) in [6, 6.07) is 16.9. The topological polar surface area (TPSA) is 69.7 Å². The number of nitrogens with one attached hydrogen (secondary N) is 1. The smallest absolute Gasteiger partial charge is 0.243 e. The molecule has 7 heteroatoms. The van der Waals surface area contributed by atoms with Gasteiger partial charge in [0.15, 0.2) is 0 Å². The fourth-order valence-electron chi connectivity index (χ4n) is 4.16. The summed E-state index contributed by atoms with van der Waals surface area (Å²) in [5, 5.41) is 2.86. The SMILES string of the molecule is O=C(CN1CC=C(c2ccccc2)CC1)Nc1cccc(S(=O)(=O)N2CCCCC2)c1. The van der Waals surface area contributed by atoms with Gasteiger partial charge in [0, 0.05) is 31.9 Å². The Labute approximate surface area is 184 Å². The van der Waals surface area contributed by atoms with Crippen LogP contribution in [0.25, 0.3) is 5.57 Å². The average molecular weight is 440 g/mol. The molecule has 1 amide bonds. The summed E-state index contributed by atoms with van der Waals surface area (Å²) in [4.78, 5) is 14.9. The van der Waals surface area contributed by atoms with Gasteiger partial charge in [0.05, 0.1) is 11.4 Å². The lowest BCUT2D eigenvalue weighted by atomic mass is 10.00. The molecule has 0 aliphatic carbocycles. The van der Waals surface area contributed by atoms with Crippen molar-refractivity contribution in [1.29, 1.82) is 0 Å². The third-order valence-electron chi connectivity index (χ3n) is 5.88. The molecule has 2 heterocycles. The summed E-state index contributed by atoms with van der Waals surface area (Å²) in [7, 11) is -3.52. The number of hydrogen-bond acceptors (Lipinski definition) is 4. The third kappa shape index (κ3) is 5.42. The first-order chi connectivity index (χ1) is 15.0. The fraction of sp³-hybridized carbons (Fsp3) is 0.375. The van der Waals surface area contributed by atoms with E-state index >= 15 is 0 Å². The average Bonchev–Trinajstić information content (AvgIpc) is 2.81. The molecule has 2 aliphatic rings. The first-order valence-electron chi connectivity index (χ1n) is 10.9. The first kappa shape index (κ1) is 21.7. The molecule has 0 spiro atoms. The zero-order valence-electron chi connectivity index (χ0n) is 17.7. The van der Waals surface area contributed by atoms with Crippen LogP contribution in [-0.2, 0) is 14.8 Å². The molecule has 1 fully saturated rings. The Bertz CT molecular complexity index is 1040. The second-order valence-corrected chi connectivity index (χ2v) is 10.1. The number of anilines is 1. The van der Waals surface area contributed by atoms with Gasteiger partial charge in [-0.15, -0.1) is 0 Å². The molecular weight excluding hydrogens is 410 g/mol. The minimum atomic E-state index is -3.52. The number of nitrogens with zero attached hydrogens (tertiary/aromatic N) is 2. The largest absolute Gasteiger partial charge is 0.325 e. The summed E-state index contributed by atoms with van der Waals surface area (Å²) in [5.74, 6) is -0.135. The number of carbonyl (C=O) groups is 1. The number of hydrogen-bond donors (Lipinski definition) is 1. The van der Waals surface area contributed by atoms with E-state index in [2.05, 4.69) is 28.4 Å². The molecule has 0 atom stereocenters. The Morgan fingerprint density at radius 2 is 1.71 bits per heavy atom. The lowest BCUT2D eigenvalue weighted by molar-refractivity contribution is -0.117. The van der Waals surface area contributed by atoms with Crippen LogP contribution in [-0.4, -0.2) is 56.3 Å². The van der Waals surface area contributed by atoms with E-state index in [-0.39, 0.29) is 17.3 Å². The molecule has 0 aromatic heterocycles. The summed E-state index contributed by atoms with van der Waals surface area (Å²) in [6.45, 7) is 2.94. The Morgan fingerprint density at radius 1 is 0.935 bits per heavy atom. The van der Waals surface area contributed by atoms with Crippen LogP contribution in [0.1, 0.15) is 31.2 Å². The molecule has 0 bridgehead atoms. The van der Waals surface area contributed by atoms with Gasteiger partial charge in [-0.25, -0.2) is 8.42 Å². The minimum Gasteiger partial charge on any atom is -0.325 e. The molecule has 2 aliphatic heterocycles. The summed E-state index contributed by atoms with van der Waals surface area (Å²) < 4.78 is 27.3. The van der Waals surface area contributed by atoms with Crippen molar-refractivity contribution in [2.45, 2.75) is 30.6 Å². The van der Waals surface area contributed by atoms with Crippen molar-refractivity contribution in [3.63, 3.8) is 0 Å². The number of carbonyl (C=O) groups excluding carboxylic acids is 1. The standard InChI is InChI=1S/C24H29N3O3S/c28-24(19-26-16-12-21(13-17-26)20-8-3-1-4-9-20)25-22-10-7-11-23(18-22)31(29,30)27-14-5-2-6-15-27/h1,3-4,7-12,18H,2,5-6,13-17,19H2,(H,25,28). The van der Waals surface area contributed by atoms with Crippen molar-refractivity contribution in [1.82, 2.24) is 9.21 Å². The van der Waals surface area contributed by atoms with Crippen molar-refractivity contribution in [3.8, 4) is 0 Å². The highest BCUT2D eigenvalue weighted by Crippen LogP contribution is 2.24. The monoisotopic (exact) mass is 439 g/mol. The zero-order chi connectivity index (χ0) is 21.7. The number of sulfonamides is 1. The van der Waals surface area contributed by atoms with Crippen molar-refractivity contribution >= 4 is 27.2 Å². The number of benzene rings is 2. The van der Waals surface area contributed by atoms with E-state index in [0.29, 0.717) is 18.8 Å². The molecular formula is C24H29N3O3S. The molecule has 164 valence electrons. The Hall–Kier alpha value is -2.48. The van der Waals surface area contributed by atoms with Gasteiger partial charge < -0.3 is 5.32 Å². The highest BCUT2D eigenvalue weighted by molar-refractivity contribution is 7.89. The second-order valence-electron chi connectivity index (χ2n) is 8.12. The van der Waals surface area contributed by atoms with Crippen LogP contribution in [0.4, 0.5) is 5.69 Å². The van der Waals surface area contributed by atoms with Crippen molar-refractivity contribution in [3.05, 3.63) is 66.2 Å². The van der Waals surface area contributed by atoms with Crippen molar-refractivity contribution in [2.24, 2.45) is 0 Å². The lowest BCUT2D eigenvalue weighted by Gasteiger charge is -2.26. The van der Waals surface area contributed by atoms with Gasteiger partial charge in [0.2, 0.25) is 15.9 Å². The van der Waals surface area contributed by atoms with Crippen LogP contribution >= 0.6 is 0 Å². The fourth-order valence-corrected chi connectivity index (χ4v) is 5.72. The number of amides is 1. The van der Waals surface area contributed by atoms with Crippen LogP contribution in [0.5, 0.6) is 0 Å². The Balaban J connectivity index is 1.35. The predicted octanol–water partition coefficient (Wildman–Crippen LogP) is 3.59. The zero-order valence-corrected chi connectivity index (χ0v) is 18.5. The van der Waals surface area contributed by atoms with Gasteiger partial charge in [-0.05, 0) is 48.6 Å². The molecule has 0 unspecified atom stereocenters. The van der Waals surface area contributed by atoms with Gasteiger partial charge in [-0.1, -0.05) is 48.9 Å². The van der Waals surface area contributed by atoms with E-state index in [1.165, 1.54) is 11.1 Å². The Morgan fingerprint density at radius 3 is 2.42 bits per heavy atom. The van der Waals surface area contributed by atoms with E-state index in [1.54, 1.807) is 28.6 Å². The van der Waals surface area contributed by atoms with E-state index in [0.717, 1.165) is 38.8 Å². The number of rotatable bonds is 6. The minimum absolute atomic E-state index is 0.135. The summed E-state index contributed by atoms with van der Waals surface area (Å²) >= 11 is 0. The predicted molar refractivity (Wildman–Crippen MR) is 123 cm³/mol. The molecule has 31 heavy (non-hydrogen) atoms. The van der Waals surface area contributed by atoms with Crippen LogP contribution in [0, 0.1) is 0 Å². The van der Waals surface area contributed by atoms with Gasteiger partial charge in [0.1, 0.15) is 0 Å². The highest BCUT2D eigenvalue weighted by Gasteiger charge is 2.26. The molecule has 1 N–H and O–H groups in total. The first-order valence-corrected chi connectivity index (χ1v) is 12.3. The van der Waals surface area contributed by atoms with E-state index in [4.69, 9.17) is 0 Å². The van der Waals surface area contributed by atoms with Gasteiger partial charge in [-0.2, -0.15) is 4.31 Å². The van der Waals surface area contributed by atoms with Gasteiger partial charge in [-0.3, -0.25) is 9.69 Å². The van der Waals surface area contributed by atoms with Gasteiger partial charge >= 0.3 is 0 Å². The molecule has 2 aromatic rings. The summed E-state index contributed by atoms with van der Waals surface area (Å²) in [6.07, 6.45) is 5.94. The normalized spacial score (nSPS) is 18.4. The molecule has 2 aromatic carbocycles. The number of piperidine rings is 1. The van der Waals surface area contributed by atoms with E-state index < -0.39 is 10.0 Å². The lowest BCUT2D eigenvalue weighted by Crippen LogP contribution is -2.36. The molecule has 1 saturated heterocycles. The maximum Gasteiger partial charge on any atom is 0.243 e. The van der Waals surface area contributed by atoms with Crippen LogP contribution < -0.4 is 5.32 Å². The quantitative estimate of drug-likeness (QED) is 0.747. The molecule has 4 rings (SSSR count). The third-order valence-corrected chi connectivity index (χ3v) is 7.77.